The van der Waals surface area contributed by atoms with Gasteiger partial charge in [0.05, 0.1) is 13.2 Å². The summed E-state index contributed by atoms with van der Waals surface area (Å²) in [6.07, 6.45) is 6.70. The smallest absolute Gasteiger partial charge is 0.253 e. The minimum absolute atomic E-state index is 0.108. The van der Waals surface area contributed by atoms with Crippen LogP contribution in [0.25, 0.3) is 0 Å². The van der Waals surface area contributed by atoms with Gasteiger partial charge in [-0.05, 0) is 80.3 Å². The van der Waals surface area contributed by atoms with E-state index in [1.54, 1.807) is 7.11 Å². The molecule has 1 atom stereocenters. The summed E-state index contributed by atoms with van der Waals surface area (Å²) >= 11 is 0. The number of amides is 1. The van der Waals surface area contributed by atoms with Crippen molar-refractivity contribution >= 4 is 5.91 Å². The highest BCUT2D eigenvalue weighted by atomic mass is 16.5. The third kappa shape index (κ3) is 6.01. The molecule has 2 aliphatic rings. The molecule has 31 heavy (non-hydrogen) atoms. The summed E-state index contributed by atoms with van der Waals surface area (Å²) in [7, 11) is 1.69. The summed E-state index contributed by atoms with van der Waals surface area (Å²) in [5.74, 6) is 2.43. The number of hydrogen-bond acceptors (Lipinski definition) is 4. The Morgan fingerprint density at radius 3 is 2.58 bits per heavy atom. The molecule has 0 bridgehead atoms. The highest BCUT2D eigenvalue weighted by molar-refractivity contribution is 5.94. The number of piperidine rings is 1. The Hall–Kier alpha value is -2.53. The number of benzene rings is 2. The maximum Gasteiger partial charge on any atom is 0.253 e. The zero-order valence-electron chi connectivity index (χ0n) is 18.4. The maximum absolute atomic E-state index is 13.0. The lowest BCUT2D eigenvalue weighted by Gasteiger charge is -2.32. The van der Waals surface area contributed by atoms with Gasteiger partial charge in [-0.15, -0.1) is 0 Å². The standard InChI is InChI=1S/C26H33NO4/c1-29-23-11-9-20(10-12-23)7-8-21-13-15-27(16-14-21)26(28)22-4-2-5-24(18-22)31-19-25-6-3-17-30-25/h2,4-5,9-12,18,21,25H,3,6-8,13-17,19H2,1H3. The maximum atomic E-state index is 13.0. The Balaban J connectivity index is 1.23. The van der Waals surface area contributed by atoms with Gasteiger partial charge in [0.2, 0.25) is 0 Å². The SMILES string of the molecule is COc1ccc(CCC2CCN(C(=O)c3cccc(OCC4CCCO4)c3)CC2)cc1. The summed E-state index contributed by atoms with van der Waals surface area (Å²) in [5, 5.41) is 0. The van der Waals surface area contributed by atoms with Gasteiger partial charge >= 0.3 is 0 Å². The summed E-state index contributed by atoms with van der Waals surface area (Å²) in [6, 6.07) is 15.9. The van der Waals surface area contributed by atoms with Crippen molar-refractivity contribution in [2.45, 2.75) is 44.6 Å². The van der Waals surface area contributed by atoms with Gasteiger partial charge in [-0.2, -0.15) is 0 Å². The van der Waals surface area contributed by atoms with E-state index >= 15 is 0 Å². The topological polar surface area (TPSA) is 48.0 Å². The first-order chi connectivity index (χ1) is 15.2. The molecule has 1 amide bonds. The average molecular weight is 424 g/mol. The minimum Gasteiger partial charge on any atom is -0.497 e. The second-order valence-electron chi connectivity index (χ2n) is 8.60. The van der Waals surface area contributed by atoms with Gasteiger partial charge in [0.1, 0.15) is 18.1 Å². The van der Waals surface area contributed by atoms with Crippen LogP contribution in [-0.4, -0.2) is 50.3 Å². The molecule has 5 heteroatoms. The van der Waals surface area contributed by atoms with Gasteiger partial charge in [0.15, 0.2) is 0 Å². The molecule has 2 aromatic rings. The first-order valence-corrected chi connectivity index (χ1v) is 11.5. The Morgan fingerprint density at radius 1 is 1.06 bits per heavy atom. The van der Waals surface area contributed by atoms with Crippen LogP contribution in [0.5, 0.6) is 11.5 Å². The average Bonchev–Trinajstić information content (AvgIpc) is 3.36. The van der Waals surface area contributed by atoms with Crippen molar-refractivity contribution in [1.82, 2.24) is 4.90 Å². The molecule has 0 N–H and O–H groups in total. The van der Waals surface area contributed by atoms with E-state index in [1.165, 1.54) is 12.0 Å². The van der Waals surface area contributed by atoms with E-state index in [-0.39, 0.29) is 12.0 Å². The zero-order valence-corrected chi connectivity index (χ0v) is 18.4. The Morgan fingerprint density at radius 2 is 1.87 bits per heavy atom. The van der Waals surface area contributed by atoms with Crippen LogP contribution < -0.4 is 9.47 Å². The predicted molar refractivity (Wildman–Crippen MR) is 121 cm³/mol. The highest BCUT2D eigenvalue weighted by Gasteiger charge is 2.24. The van der Waals surface area contributed by atoms with Crippen molar-refractivity contribution in [3.8, 4) is 11.5 Å². The van der Waals surface area contributed by atoms with Crippen LogP contribution in [-0.2, 0) is 11.2 Å². The van der Waals surface area contributed by atoms with Crippen LogP contribution in [0.15, 0.2) is 48.5 Å². The van der Waals surface area contributed by atoms with E-state index in [4.69, 9.17) is 14.2 Å². The minimum atomic E-state index is 0.108. The van der Waals surface area contributed by atoms with E-state index in [2.05, 4.69) is 12.1 Å². The van der Waals surface area contributed by atoms with Crippen LogP contribution >= 0.6 is 0 Å². The molecule has 0 radical (unpaired) electrons. The number of ether oxygens (including phenoxy) is 3. The molecular formula is C26H33NO4. The lowest BCUT2D eigenvalue weighted by molar-refractivity contribution is 0.0669. The molecule has 2 heterocycles. The Kier molecular flexibility index (Phi) is 7.47. The van der Waals surface area contributed by atoms with E-state index in [0.29, 0.717) is 18.1 Å². The fourth-order valence-corrected chi connectivity index (χ4v) is 4.45. The third-order valence-corrected chi connectivity index (χ3v) is 6.44. The van der Waals surface area contributed by atoms with Crippen molar-refractivity contribution in [3.63, 3.8) is 0 Å². The fraction of sp³-hybridized carbons (Fsp3) is 0.500. The molecule has 0 aromatic heterocycles. The van der Waals surface area contributed by atoms with Gasteiger partial charge in [-0.3, -0.25) is 4.79 Å². The molecule has 2 aliphatic heterocycles. The molecule has 5 nitrogen and oxygen atoms in total. The molecule has 0 aliphatic carbocycles. The first-order valence-electron chi connectivity index (χ1n) is 11.5. The highest BCUT2D eigenvalue weighted by Crippen LogP contribution is 2.25. The van der Waals surface area contributed by atoms with Crippen molar-refractivity contribution in [2.75, 3.05) is 33.4 Å². The number of carbonyl (C=O) groups excluding carboxylic acids is 1. The number of aryl methyl sites for hydroxylation is 1. The van der Waals surface area contributed by atoms with Gasteiger partial charge in [0.25, 0.3) is 5.91 Å². The van der Waals surface area contributed by atoms with E-state index < -0.39 is 0 Å². The third-order valence-electron chi connectivity index (χ3n) is 6.44. The van der Waals surface area contributed by atoms with E-state index in [1.807, 2.05) is 41.3 Å². The molecule has 4 rings (SSSR count). The number of nitrogens with zero attached hydrogens (tertiary/aromatic N) is 1. The van der Waals surface area contributed by atoms with Crippen LogP contribution in [0.3, 0.4) is 0 Å². The Bertz CT molecular complexity index is 837. The second-order valence-corrected chi connectivity index (χ2v) is 8.60. The largest absolute Gasteiger partial charge is 0.497 e. The monoisotopic (exact) mass is 423 g/mol. The van der Waals surface area contributed by atoms with Crippen molar-refractivity contribution < 1.29 is 19.0 Å². The van der Waals surface area contributed by atoms with Crippen LogP contribution in [0.2, 0.25) is 0 Å². The molecule has 1 unspecified atom stereocenters. The number of rotatable bonds is 8. The summed E-state index contributed by atoms with van der Waals surface area (Å²) < 4.78 is 16.7. The van der Waals surface area contributed by atoms with Crippen LogP contribution in [0.4, 0.5) is 0 Å². The first kappa shape index (κ1) is 21.7. The lowest BCUT2D eigenvalue weighted by atomic mass is 9.90. The fourth-order valence-electron chi connectivity index (χ4n) is 4.45. The molecule has 0 spiro atoms. The van der Waals surface area contributed by atoms with Gasteiger partial charge in [-0.25, -0.2) is 0 Å². The number of methoxy groups -OCH3 is 1. The van der Waals surface area contributed by atoms with Gasteiger partial charge in [0, 0.05) is 25.3 Å². The molecule has 2 saturated heterocycles. The van der Waals surface area contributed by atoms with Crippen molar-refractivity contribution in [3.05, 3.63) is 59.7 Å². The molecule has 2 aromatic carbocycles. The predicted octanol–water partition coefficient (Wildman–Crippen LogP) is 4.74. The van der Waals surface area contributed by atoms with E-state index in [0.717, 1.165) is 63.3 Å². The van der Waals surface area contributed by atoms with Crippen molar-refractivity contribution in [1.29, 1.82) is 0 Å². The zero-order chi connectivity index (χ0) is 21.5. The van der Waals surface area contributed by atoms with Crippen LogP contribution in [0.1, 0.15) is 48.0 Å². The normalized spacial score (nSPS) is 19.4. The Labute approximate surface area is 185 Å². The van der Waals surface area contributed by atoms with Gasteiger partial charge < -0.3 is 19.1 Å². The molecule has 166 valence electrons. The van der Waals surface area contributed by atoms with Crippen molar-refractivity contribution in [2.24, 2.45) is 5.92 Å². The molecule has 2 fully saturated rings. The second kappa shape index (κ2) is 10.7. The number of hydrogen-bond donors (Lipinski definition) is 0. The van der Waals surface area contributed by atoms with Crippen LogP contribution in [0, 0.1) is 5.92 Å². The lowest BCUT2D eigenvalue weighted by Crippen LogP contribution is -2.38. The van der Waals surface area contributed by atoms with E-state index in [9.17, 15) is 4.79 Å². The molecule has 0 saturated carbocycles. The quantitative estimate of drug-likeness (QED) is 0.615. The number of likely N-dealkylation sites (tertiary alicyclic amines) is 1. The summed E-state index contributed by atoms with van der Waals surface area (Å²) in [5.41, 5.74) is 2.06. The van der Waals surface area contributed by atoms with Gasteiger partial charge in [-0.1, -0.05) is 18.2 Å². The summed E-state index contributed by atoms with van der Waals surface area (Å²) in [6.45, 7) is 3.03. The molecular weight excluding hydrogens is 390 g/mol. The number of carbonyl (C=O) groups is 1. The summed E-state index contributed by atoms with van der Waals surface area (Å²) in [4.78, 5) is 15.0.